The van der Waals surface area contributed by atoms with Crippen LogP contribution in [0, 0.1) is 0 Å². The van der Waals surface area contributed by atoms with Crippen molar-refractivity contribution in [1.82, 2.24) is 5.32 Å². The van der Waals surface area contributed by atoms with E-state index in [-0.39, 0.29) is 11.5 Å². The fraction of sp³-hybridized carbons (Fsp3) is 0.533. The molecule has 2 atom stereocenters. The molecule has 1 saturated carbocycles. The molecule has 1 fully saturated rings. The fourth-order valence-electron chi connectivity index (χ4n) is 3.01. The summed E-state index contributed by atoms with van der Waals surface area (Å²) in [5, 5.41) is 2.99. The van der Waals surface area contributed by atoms with Gasteiger partial charge in [-0.25, -0.2) is 0 Å². The van der Waals surface area contributed by atoms with Crippen LogP contribution in [0.1, 0.15) is 38.2 Å². The van der Waals surface area contributed by atoms with Crippen molar-refractivity contribution < 1.29 is 9.53 Å². The highest BCUT2D eigenvalue weighted by Crippen LogP contribution is 2.40. The van der Waals surface area contributed by atoms with Crippen molar-refractivity contribution in [2.75, 3.05) is 7.11 Å². The molecule has 1 N–H and O–H groups in total. The van der Waals surface area contributed by atoms with E-state index in [1.54, 1.807) is 7.11 Å². The van der Waals surface area contributed by atoms with Crippen molar-refractivity contribution in [2.24, 2.45) is 0 Å². The predicted octanol–water partition coefficient (Wildman–Crippen LogP) is 2.64. The lowest BCUT2D eigenvalue weighted by molar-refractivity contribution is -0.110. The Morgan fingerprint density at radius 3 is 3.00 bits per heavy atom. The zero-order valence-electron chi connectivity index (χ0n) is 11.1. The van der Waals surface area contributed by atoms with E-state index in [0.29, 0.717) is 0 Å². The number of ether oxygens (including phenoxy) is 1. The van der Waals surface area contributed by atoms with Crippen molar-refractivity contribution in [3.63, 3.8) is 0 Å². The molecule has 1 aromatic carbocycles. The number of hydrogen-bond donors (Lipinski definition) is 1. The molecule has 0 aromatic heterocycles. The summed E-state index contributed by atoms with van der Waals surface area (Å²) in [7, 11) is 1.68. The van der Waals surface area contributed by atoms with E-state index in [2.05, 4.69) is 24.4 Å². The summed E-state index contributed by atoms with van der Waals surface area (Å²) >= 11 is 0. The summed E-state index contributed by atoms with van der Waals surface area (Å²) in [4.78, 5) is 10.8. The van der Waals surface area contributed by atoms with Gasteiger partial charge in [0, 0.05) is 11.5 Å². The first kappa shape index (κ1) is 12.9. The van der Waals surface area contributed by atoms with Gasteiger partial charge in [-0.2, -0.15) is 0 Å². The van der Waals surface area contributed by atoms with Gasteiger partial charge in [-0.05, 0) is 30.5 Å². The van der Waals surface area contributed by atoms with Crippen LogP contribution in [0.2, 0.25) is 0 Å². The fourth-order valence-corrected chi connectivity index (χ4v) is 3.01. The normalized spacial score (nSPS) is 27.6. The topological polar surface area (TPSA) is 38.3 Å². The third-order valence-corrected chi connectivity index (χ3v) is 4.21. The molecule has 98 valence electrons. The highest BCUT2D eigenvalue weighted by molar-refractivity contribution is 5.48. The lowest BCUT2D eigenvalue weighted by Gasteiger charge is -2.41. The highest BCUT2D eigenvalue weighted by atomic mass is 16.5. The molecule has 0 bridgehead atoms. The summed E-state index contributed by atoms with van der Waals surface area (Å²) < 4.78 is 5.30. The van der Waals surface area contributed by atoms with Crippen LogP contribution < -0.4 is 10.1 Å². The van der Waals surface area contributed by atoms with E-state index >= 15 is 0 Å². The minimum atomic E-state index is 0.00764. The zero-order valence-corrected chi connectivity index (χ0v) is 11.1. The van der Waals surface area contributed by atoms with Gasteiger partial charge >= 0.3 is 0 Å². The van der Waals surface area contributed by atoms with Gasteiger partial charge in [-0.3, -0.25) is 4.79 Å². The van der Waals surface area contributed by atoms with Crippen molar-refractivity contribution in [3.8, 4) is 5.75 Å². The Morgan fingerprint density at radius 2 is 2.28 bits per heavy atom. The van der Waals surface area contributed by atoms with Gasteiger partial charge in [-0.15, -0.1) is 0 Å². The Labute approximate surface area is 109 Å². The van der Waals surface area contributed by atoms with Crippen LogP contribution in [0.4, 0.5) is 0 Å². The number of rotatable bonds is 4. The van der Waals surface area contributed by atoms with E-state index in [9.17, 15) is 4.79 Å². The molecule has 18 heavy (non-hydrogen) atoms. The van der Waals surface area contributed by atoms with Crippen molar-refractivity contribution >= 4 is 6.41 Å². The molecule has 3 nitrogen and oxygen atoms in total. The van der Waals surface area contributed by atoms with Gasteiger partial charge in [0.25, 0.3) is 0 Å². The molecular formula is C15H21NO2. The molecule has 1 amide bonds. The van der Waals surface area contributed by atoms with Gasteiger partial charge in [0.05, 0.1) is 7.11 Å². The second-order valence-corrected chi connectivity index (χ2v) is 5.23. The van der Waals surface area contributed by atoms with Gasteiger partial charge < -0.3 is 10.1 Å². The molecule has 1 aliphatic carbocycles. The maximum atomic E-state index is 10.8. The molecule has 1 aliphatic rings. The van der Waals surface area contributed by atoms with Crippen LogP contribution in [0.5, 0.6) is 5.75 Å². The molecule has 0 radical (unpaired) electrons. The third kappa shape index (κ3) is 2.35. The van der Waals surface area contributed by atoms with Crippen molar-refractivity contribution in [2.45, 2.75) is 44.1 Å². The maximum absolute atomic E-state index is 10.8. The van der Waals surface area contributed by atoms with Crippen LogP contribution in [0.3, 0.4) is 0 Å². The Bertz CT molecular complexity index is 419. The van der Waals surface area contributed by atoms with E-state index in [4.69, 9.17) is 4.74 Å². The van der Waals surface area contributed by atoms with Crippen LogP contribution in [-0.4, -0.2) is 19.6 Å². The lowest BCUT2D eigenvalue weighted by Crippen LogP contribution is -2.48. The van der Waals surface area contributed by atoms with Crippen LogP contribution in [0.25, 0.3) is 0 Å². The van der Waals surface area contributed by atoms with E-state index in [0.717, 1.165) is 25.0 Å². The summed E-state index contributed by atoms with van der Waals surface area (Å²) in [5.41, 5.74) is 1.26. The van der Waals surface area contributed by atoms with Crippen LogP contribution in [0.15, 0.2) is 24.3 Å². The number of methoxy groups -OCH3 is 1. The molecule has 3 heteroatoms. The third-order valence-electron chi connectivity index (χ3n) is 4.21. The van der Waals surface area contributed by atoms with Crippen LogP contribution >= 0.6 is 0 Å². The average molecular weight is 247 g/mol. The maximum Gasteiger partial charge on any atom is 0.207 e. The standard InChI is InChI=1S/C15H21NO2/c1-15(9-4-3-8-14(15)16-11-17)12-6-5-7-13(10-12)18-2/h5-7,10-11,14H,3-4,8-9H2,1-2H3,(H,16,17). The molecule has 0 saturated heterocycles. The summed E-state index contributed by atoms with van der Waals surface area (Å²) in [6.45, 7) is 2.24. The Hall–Kier alpha value is -1.51. The summed E-state index contributed by atoms with van der Waals surface area (Å²) in [5.74, 6) is 0.879. The minimum Gasteiger partial charge on any atom is -0.497 e. The first-order chi connectivity index (χ1) is 8.70. The second kappa shape index (κ2) is 5.42. The molecule has 0 spiro atoms. The number of amides is 1. The number of carbonyl (C=O) groups is 1. The Kier molecular flexibility index (Phi) is 3.90. The van der Waals surface area contributed by atoms with Gasteiger partial charge in [0.15, 0.2) is 0 Å². The first-order valence-electron chi connectivity index (χ1n) is 6.55. The van der Waals surface area contributed by atoms with Gasteiger partial charge in [0.2, 0.25) is 6.41 Å². The van der Waals surface area contributed by atoms with Crippen molar-refractivity contribution in [3.05, 3.63) is 29.8 Å². The predicted molar refractivity (Wildman–Crippen MR) is 71.8 cm³/mol. The molecule has 2 unspecified atom stereocenters. The van der Waals surface area contributed by atoms with Gasteiger partial charge in [-0.1, -0.05) is 31.9 Å². The number of benzene rings is 1. The molecule has 0 aliphatic heterocycles. The van der Waals surface area contributed by atoms with Crippen LogP contribution in [-0.2, 0) is 10.2 Å². The number of carbonyl (C=O) groups excluding carboxylic acids is 1. The second-order valence-electron chi connectivity index (χ2n) is 5.23. The molecule has 2 rings (SSSR count). The smallest absolute Gasteiger partial charge is 0.207 e. The van der Waals surface area contributed by atoms with Gasteiger partial charge in [0.1, 0.15) is 5.75 Å². The van der Waals surface area contributed by atoms with E-state index in [1.165, 1.54) is 18.4 Å². The Balaban J connectivity index is 2.33. The summed E-state index contributed by atoms with van der Waals surface area (Å²) in [6.07, 6.45) is 5.38. The number of hydrogen-bond acceptors (Lipinski definition) is 2. The minimum absolute atomic E-state index is 0.00764. The average Bonchev–Trinajstić information content (AvgIpc) is 2.42. The summed E-state index contributed by atoms with van der Waals surface area (Å²) in [6, 6.07) is 8.41. The highest BCUT2D eigenvalue weighted by Gasteiger charge is 2.37. The molecule has 0 heterocycles. The molecular weight excluding hydrogens is 226 g/mol. The SMILES string of the molecule is COc1cccc(C2(C)CCCCC2NC=O)c1. The number of nitrogens with one attached hydrogen (secondary N) is 1. The largest absolute Gasteiger partial charge is 0.497 e. The molecule has 1 aromatic rings. The van der Waals surface area contributed by atoms with E-state index < -0.39 is 0 Å². The quantitative estimate of drug-likeness (QED) is 0.831. The lowest BCUT2D eigenvalue weighted by atomic mass is 9.67. The zero-order chi connectivity index (χ0) is 13.0. The first-order valence-corrected chi connectivity index (χ1v) is 6.55. The monoisotopic (exact) mass is 247 g/mol. The Morgan fingerprint density at radius 1 is 1.44 bits per heavy atom. The van der Waals surface area contributed by atoms with Crippen molar-refractivity contribution in [1.29, 1.82) is 0 Å². The van der Waals surface area contributed by atoms with E-state index in [1.807, 2.05) is 12.1 Å².